The number of anilines is 1. The Morgan fingerprint density at radius 3 is 2.55 bits per heavy atom. The number of carbonyl (C=O) groups excluding carboxylic acids is 1. The average Bonchev–Trinajstić information content (AvgIpc) is 2.41. The number of halogens is 1. The second-order valence-electron chi connectivity index (χ2n) is 4.20. The Labute approximate surface area is 130 Å². The molecule has 0 saturated carbocycles. The minimum absolute atomic E-state index is 0.0973. The van der Waals surface area contributed by atoms with Crippen molar-refractivity contribution in [3.05, 3.63) is 51.6 Å². The first kappa shape index (κ1) is 14.5. The highest BCUT2D eigenvalue weighted by Crippen LogP contribution is 2.20. The lowest BCUT2D eigenvalue weighted by Crippen LogP contribution is -2.04. The third kappa shape index (κ3) is 4.06. The molecule has 0 fully saturated rings. The van der Waals surface area contributed by atoms with Crippen LogP contribution < -0.4 is 5.32 Å². The van der Waals surface area contributed by atoms with Crippen LogP contribution in [0.1, 0.15) is 12.5 Å². The predicted molar refractivity (Wildman–Crippen MR) is 88.8 cm³/mol. The zero-order chi connectivity index (χ0) is 14.5. The van der Waals surface area contributed by atoms with Crippen molar-refractivity contribution in [3.63, 3.8) is 0 Å². The van der Waals surface area contributed by atoms with Crippen molar-refractivity contribution in [3.8, 4) is 5.75 Å². The zero-order valence-corrected chi connectivity index (χ0v) is 13.0. The smallest absolute Gasteiger partial charge is 0.221 e. The van der Waals surface area contributed by atoms with E-state index in [0.29, 0.717) is 0 Å². The molecule has 0 spiro atoms. The molecular weight excluding hydrogens is 367 g/mol. The summed E-state index contributed by atoms with van der Waals surface area (Å²) in [5, 5.41) is 12.1. The van der Waals surface area contributed by atoms with Crippen molar-refractivity contribution < 1.29 is 9.90 Å². The Hall–Kier alpha value is -1.89. The summed E-state index contributed by atoms with van der Waals surface area (Å²) in [6.07, 6.45) is 1.73. The SMILES string of the molecule is CC(=O)Nc1ccc(N=Cc2ccc(O)c(I)c2)cc1. The maximum absolute atomic E-state index is 10.9. The van der Waals surface area contributed by atoms with E-state index in [-0.39, 0.29) is 11.7 Å². The van der Waals surface area contributed by atoms with Crippen LogP contribution in [0.25, 0.3) is 0 Å². The van der Waals surface area contributed by atoms with E-state index in [1.165, 1.54) is 6.92 Å². The zero-order valence-electron chi connectivity index (χ0n) is 10.8. The minimum Gasteiger partial charge on any atom is -0.507 e. The van der Waals surface area contributed by atoms with Crippen LogP contribution in [0, 0.1) is 3.57 Å². The van der Waals surface area contributed by atoms with Gasteiger partial charge >= 0.3 is 0 Å². The Bertz CT molecular complexity index is 651. The summed E-state index contributed by atoms with van der Waals surface area (Å²) in [5.41, 5.74) is 2.45. The Morgan fingerprint density at radius 1 is 1.25 bits per heavy atom. The minimum atomic E-state index is -0.0973. The van der Waals surface area contributed by atoms with Crippen molar-refractivity contribution in [1.82, 2.24) is 0 Å². The van der Waals surface area contributed by atoms with Crippen molar-refractivity contribution >= 4 is 46.1 Å². The quantitative estimate of drug-likeness (QED) is 0.630. The molecule has 0 aliphatic heterocycles. The highest BCUT2D eigenvalue weighted by atomic mass is 127. The number of hydrogen-bond acceptors (Lipinski definition) is 3. The molecule has 102 valence electrons. The van der Waals surface area contributed by atoms with Crippen LogP contribution in [-0.2, 0) is 4.79 Å². The molecule has 0 heterocycles. The fraction of sp³-hybridized carbons (Fsp3) is 0.0667. The molecular formula is C15H13IN2O2. The lowest BCUT2D eigenvalue weighted by molar-refractivity contribution is -0.114. The second kappa shape index (κ2) is 6.51. The summed E-state index contributed by atoms with van der Waals surface area (Å²) in [5.74, 6) is 0.169. The first-order valence-corrected chi connectivity index (χ1v) is 7.03. The lowest BCUT2D eigenvalue weighted by atomic mass is 10.2. The van der Waals surface area contributed by atoms with Crippen LogP contribution in [0.3, 0.4) is 0 Å². The van der Waals surface area contributed by atoms with Gasteiger partial charge in [0.05, 0.1) is 9.26 Å². The molecule has 0 unspecified atom stereocenters. The largest absolute Gasteiger partial charge is 0.507 e. The number of amides is 1. The van der Waals surface area contributed by atoms with Gasteiger partial charge in [-0.3, -0.25) is 9.79 Å². The van der Waals surface area contributed by atoms with E-state index in [9.17, 15) is 9.90 Å². The number of phenols is 1. The van der Waals surface area contributed by atoms with Crippen LogP contribution >= 0.6 is 22.6 Å². The molecule has 2 aromatic carbocycles. The van der Waals surface area contributed by atoms with Gasteiger partial charge < -0.3 is 10.4 Å². The summed E-state index contributed by atoms with van der Waals surface area (Å²) in [7, 11) is 0. The monoisotopic (exact) mass is 380 g/mol. The maximum Gasteiger partial charge on any atom is 0.221 e. The summed E-state index contributed by atoms with van der Waals surface area (Å²) >= 11 is 2.07. The van der Waals surface area contributed by atoms with Crippen LogP contribution in [0.2, 0.25) is 0 Å². The van der Waals surface area contributed by atoms with E-state index in [1.54, 1.807) is 30.5 Å². The number of aliphatic imine (C=N–C) groups is 1. The van der Waals surface area contributed by atoms with Gasteiger partial charge in [-0.2, -0.15) is 0 Å². The fourth-order valence-electron chi connectivity index (χ4n) is 1.59. The topological polar surface area (TPSA) is 61.7 Å². The van der Waals surface area contributed by atoms with Crippen LogP contribution in [0.4, 0.5) is 11.4 Å². The highest BCUT2D eigenvalue weighted by Gasteiger charge is 1.98. The molecule has 4 nitrogen and oxygen atoms in total. The summed E-state index contributed by atoms with van der Waals surface area (Å²) in [6, 6.07) is 12.5. The number of hydrogen-bond donors (Lipinski definition) is 2. The maximum atomic E-state index is 10.9. The molecule has 1 amide bonds. The van der Waals surface area contributed by atoms with Gasteiger partial charge in [-0.05, 0) is 70.6 Å². The Kier molecular flexibility index (Phi) is 4.73. The molecule has 0 saturated heterocycles. The lowest BCUT2D eigenvalue weighted by Gasteiger charge is -2.01. The van der Waals surface area contributed by atoms with Crippen LogP contribution in [0.15, 0.2) is 47.5 Å². The Morgan fingerprint density at radius 2 is 1.95 bits per heavy atom. The standard InChI is InChI=1S/C15H13IN2O2/c1-10(19)18-13-5-3-12(4-6-13)17-9-11-2-7-15(20)14(16)8-11/h2-9,20H,1H3,(H,18,19). The molecule has 2 rings (SSSR count). The molecule has 5 heteroatoms. The van der Waals surface area contributed by atoms with Crippen molar-refractivity contribution in [2.75, 3.05) is 5.32 Å². The van der Waals surface area contributed by atoms with E-state index in [2.05, 4.69) is 32.9 Å². The molecule has 0 aromatic heterocycles. The van der Waals surface area contributed by atoms with E-state index in [4.69, 9.17) is 0 Å². The van der Waals surface area contributed by atoms with Crippen molar-refractivity contribution in [2.24, 2.45) is 4.99 Å². The van der Waals surface area contributed by atoms with Gasteiger partial charge in [-0.1, -0.05) is 0 Å². The van der Waals surface area contributed by atoms with Crippen LogP contribution in [-0.4, -0.2) is 17.2 Å². The third-order valence-electron chi connectivity index (χ3n) is 2.52. The number of benzene rings is 2. The predicted octanol–water partition coefficient (Wildman–Crippen LogP) is 3.71. The molecule has 20 heavy (non-hydrogen) atoms. The first-order valence-electron chi connectivity index (χ1n) is 5.95. The van der Waals surface area contributed by atoms with E-state index >= 15 is 0 Å². The van der Waals surface area contributed by atoms with Gasteiger partial charge in [-0.15, -0.1) is 0 Å². The molecule has 0 radical (unpaired) electrons. The van der Waals surface area contributed by atoms with Crippen molar-refractivity contribution in [1.29, 1.82) is 0 Å². The van der Waals surface area contributed by atoms with Crippen molar-refractivity contribution in [2.45, 2.75) is 6.92 Å². The summed E-state index contributed by atoms with van der Waals surface area (Å²) < 4.78 is 0.785. The Balaban J connectivity index is 2.10. The number of carbonyl (C=O) groups is 1. The number of nitrogens with one attached hydrogen (secondary N) is 1. The van der Waals surface area contributed by atoms with Gasteiger partial charge in [0.15, 0.2) is 0 Å². The van der Waals surface area contributed by atoms with Gasteiger partial charge in [0.25, 0.3) is 0 Å². The highest BCUT2D eigenvalue weighted by molar-refractivity contribution is 14.1. The fourth-order valence-corrected chi connectivity index (χ4v) is 2.13. The number of nitrogens with zero attached hydrogens (tertiary/aromatic N) is 1. The van der Waals surface area contributed by atoms with Gasteiger partial charge in [0.1, 0.15) is 5.75 Å². The average molecular weight is 380 g/mol. The summed E-state index contributed by atoms with van der Waals surface area (Å²) in [4.78, 5) is 15.3. The molecule has 0 atom stereocenters. The first-order chi connectivity index (χ1) is 9.54. The molecule has 0 aliphatic carbocycles. The summed E-state index contributed by atoms with van der Waals surface area (Å²) in [6.45, 7) is 1.47. The third-order valence-corrected chi connectivity index (χ3v) is 3.39. The van der Waals surface area contributed by atoms with Gasteiger partial charge in [0, 0.05) is 18.8 Å². The molecule has 2 aromatic rings. The number of rotatable bonds is 3. The molecule has 0 aliphatic rings. The van der Waals surface area contributed by atoms with Gasteiger partial charge in [-0.25, -0.2) is 0 Å². The normalized spacial score (nSPS) is 10.7. The van der Waals surface area contributed by atoms with Gasteiger partial charge in [0.2, 0.25) is 5.91 Å². The number of aromatic hydroxyl groups is 1. The van der Waals surface area contributed by atoms with E-state index in [0.717, 1.165) is 20.5 Å². The van der Waals surface area contributed by atoms with E-state index < -0.39 is 0 Å². The second-order valence-corrected chi connectivity index (χ2v) is 5.36. The molecule has 0 bridgehead atoms. The van der Waals surface area contributed by atoms with E-state index in [1.807, 2.05) is 18.2 Å². The molecule has 2 N–H and O–H groups in total. The number of phenolic OH excluding ortho intramolecular Hbond substituents is 1. The van der Waals surface area contributed by atoms with Crippen LogP contribution in [0.5, 0.6) is 5.75 Å².